The second-order valence-electron chi connectivity index (χ2n) is 3.02. The summed E-state index contributed by atoms with van der Waals surface area (Å²) in [6.45, 7) is 2.54. The highest BCUT2D eigenvalue weighted by molar-refractivity contribution is 5.70. The fourth-order valence-corrected chi connectivity index (χ4v) is 1.11. The molecule has 5 nitrogen and oxygen atoms in total. The van der Waals surface area contributed by atoms with E-state index in [2.05, 4.69) is 0 Å². The van der Waals surface area contributed by atoms with Crippen molar-refractivity contribution >= 4 is 6.09 Å². The molecule has 0 saturated carbocycles. The summed E-state index contributed by atoms with van der Waals surface area (Å²) in [5.41, 5.74) is 5.48. The molecule has 0 aromatic rings. The van der Waals surface area contributed by atoms with E-state index in [0.717, 1.165) is 0 Å². The first kappa shape index (κ1) is 9.28. The molecule has 0 aliphatic carbocycles. The van der Waals surface area contributed by atoms with Crippen LogP contribution < -0.4 is 5.73 Å². The summed E-state index contributed by atoms with van der Waals surface area (Å²) in [7, 11) is 0. The number of cyclic esters (lactones) is 1. The number of nitrogens with zero attached hydrogens (tertiary/aromatic N) is 1. The summed E-state index contributed by atoms with van der Waals surface area (Å²) in [5, 5.41) is 8.66. The van der Waals surface area contributed by atoms with Crippen LogP contribution in [0.4, 0.5) is 4.79 Å². The van der Waals surface area contributed by atoms with Crippen molar-refractivity contribution in [2.24, 2.45) is 5.73 Å². The van der Waals surface area contributed by atoms with E-state index in [0.29, 0.717) is 13.2 Å². The lowest BCUT2D eigenvalue weighted by atomic mass is 10.2. The molecular weight excluding hydrogens is 160 g/mol. The van der Waals surface area contributed by atoms with Gasteiger partial charge in [0.2, 0.25) is 0 Å². The summed E-state index contributed by atoms with van der Waals surface area (Å²) in [6.07, 6.45) is -0.341. The summed E-state index contributed by atoms with van der Waals surface area (Å²) in [6, 6.07) is -0.312. The van der Waals surface area contributed by atoms with E-state index >= 15 is 0 Å². The van der Waals surface area contributed by atoms with E-state index < -0.39 is 0 Å². The Bertz CT molecular complexity index is 174. The van der Waals surface area contributed by atoms with Gasteiger partial charge in [-0.1, -0.05) is 0 Å². The summed E-state index contributed by atoms with van der Waals surface area (Å²) >= 11 is 0. The van der Waals surface area contributed by atoms with Crippen LogP contribution in [0.15, 0.2) is 0 Å². The normalized spacial score (nSPS) is 25.8. The van der Waals surface area contributed by atoms with E-state index in [1.54, 1.807) is 0 Å². The number of hydrogen-bond acceptors (Lipinski definition) is 4. The lowest BCUT2D eigenvalue weighted by Gasteiger charge is -2.20. The molecule has 0 radical (unpaired) electrons. The second kappa shape index (κ2) is 3.73. The highest BCUT2D eigenvalue weighted by Gasteiger charge is 2.30. The minimum Gasteiger partial charge on any atom is -0.447 e. The molecule has 3 N–H and O–H groups in total. The van der Waals surface area contributed by atoms with E-state index in [1.807, 2.05) is 6.92 Å². The third-order valence-electron chi connectivity index (χ3n) is 1.88. The lowest BCUT2D eigenvalue weighted by Crippen LogP contribution is -2.43. The molecule has 70 valence electrons. The fraction of sp³-hybridized carbons (Fsp3) is 0.857. The number of carbonyl (C=O) groups is 1. The van der Waals surface area contributed by atoms with Gasteiger partial charge in [-0.15, -0.1) is 0 Å². The van der Waals surface area contributed by atoms with Gasteiger partial charge in [-0.05, 0) is 6.92 Å². The molecule has 0 bridgehead atoms. The SMILES string of the molecule is CC1COC(=O)N1CC(N)CO. The van der Waals surface area contributed by atoms with Crippen LogP contribution in [0.2, 0.25) is 0 Å². The monoisotopic (exact) mass is 174 g/mol. The van der Waals surface area contributed by atoms with Gasteiger partial charge < -0.3 is 20.5 Å². The predicted molar refractivity (Wildman–Crippen MR) is 42.6 cm³/mol. The number of hydrogen-bond donors (Lipinski definition) is 2. The Morgan fingerprint density at radius 3 is 3.00 bits per heavy atom. The standard InChI is InChI=1S/C7H14N2O3/c1-5-4-12-7(11)9(5)2-6(8)3-10/h5-6,10H,2-4,8H2,1H3. The largest absolute Gasteiger partial charge is 0.447 e. The maximum atomic E-state index is 11.0. The molecule has 1 heterocycles. The van der Waals surface area contributed by atoms with Crippen LogP contribution in [0.25, 0.3) is 0 Å². The third-order valence-corrected chi connectivity index (χ3v) is 1.88. The van der Waals surface area contributed by atoms with Gasteiger partial charge >= 0.3 is 6.09 Å². The summed E-state index contributed by atoms with van der Waals surface area (Å²) < 4.78 is 4.77. The average Bonchev–Trinajstić information content (AvgIpc) is 2.35. The van der Waals surface area contributed by atoms with E-state index in [4.69, 9.17) is 15.6 Å². The Morgan fingerprint density at radius 2 is 2.58 bits per heavy atom. The van der Waals surface area contributed by atoms with Gasteiger partial charge in [-0.3, -0.25) is 0 Å². The van der Waals surface area contributed by atoms with Gasteiger partial charge in [-0.25, -0.2) is 4.79 Å². The van der Waals surface area contributed by atoms with Gasteiger partial charge in [-0.2, -0.15) is 0 Å². The van der Waals surface area contributed by atoms with Crippen LogP contribution in [0, 0.1) is 0 Å². The van der Waals surface area contributed by atoms with Crippen molar-refractivity contribution in [3.8, 4) is 0 Å². The molecule has 0 spiro atoms. The molecule has 2 unspecified atom stereocenters. The molecule has 0 aromatic carbocycles. The van der Waals surface area contributed by atoms with Crippen LogP contribution in [-0.2, 0) is 4.74 Å². The van der Waals surface area contributed by atoms with Crippen LogP contribution in [0.5, 0.6) is 0 Å². The number of aliphatic hydroxyl groups is 1. The molecule has 1 aliphatic rings. The number of rotatable bonds is 3. The van der Waals surface area contributed by atoms with Crippen LogP contribution in [-0.4, -0.2) is 47.9 Å². The van der Waals surface area contributed by atoms with Crippen molar-refractivity contribution in [3.05, 3.63) is 0 Å². The predicted octanol–water partition coefficient (Wildman–Crippen LogP) is -0.853. The minimum atomic E-state index is -0.377. The number of aliphatic hydroxyl groups excluding tert-OH is 1. The first-order chi connectivity index (χ1) is 5.65. The smallest absolute Gasteiger partial charge is 0.410 e. The lowest BCUT2D eigenvalue weighted by molar-refractivity contribution is 0.151. The zero-order valence-electron chi connectivity index (χ0n) is 7.06. The van der Waals surface area contributed by atoms with Gasteiger partial charge in [0.05, 0.1) is 12.6 Å². The number of carbonyl (C=O) groups excluding carboxylic acids is 1. The van der Waals surface area contributed by atoms with E-state index in [-0.39, 0.29) is 24.8 Å². The van der Waals surface area contributed by atoms with Crippen molar-refractivity contribution in [1.29, 1.82) is 0 Å². The first-order valence-electron chi connectivity index (χ1n) is 3.95. The maximum Gasteiger partial charge on any atom is 0.410 e. The van der Waals surface area contributed by atoms with E-state index in [9.17, 15) is 4.79 Å². The molecule has 1 aliphatic heterocycles. The van der Waals surface area contributed by atoms with Crippen molar-refractivity contribution < 1.29 is 14.6 Å². The van der Waals surface area contributed by atoms with Crippen molar-refractivity contribution in [1.82, 2.24) is 4.90 Å². The molecule has 1 amide bonds. The molecule has 1 saturated heterocycles. The minimum absolute atomic E-state index is 0.0649. The van der Waals surface area contributed by atoms with Crippen LogP contribution in [0.3, 0.4) is 0 Å². The van der Waals surface area contributed by atoms with Crippen molar-refractivity contribution in [2.75, 3.05) is 19.8 Å². The Morgan fingerprint density at radius 1 is 1.92 bits per heavy atom. The zero-order valence-corrected chi connectivity index (χ0v) is 7.06. The van der Waals surface area contributed by atoms with E-state index in [1.165, 1.54) is 4.90 Å². The van der Waals surface area contributed by atoms with Gasteiger partial charge in [0.15, 0.2) is 0 Å². The van der Waals surface area contributed by atoms with Gasteiger partial charge in [0.1, 0.15) is 6.61 Å². The van der Waals surface area contributed by atoms with Gasteiger partial charge in [0.25, 0.3) is 0 Å². The maximum absolute atomic E-state index is 11.0. The highest BCUT2D eigenvalue weighted by Crippen LogP contribution is 2.11. The molecule has 0 aromatic heterocycles. The number of ether oxygens (including phenoxy) is 1. The fourth-order valence-electron chi connectivity index (χ4n) is 1.11. The third kappa shape index (κ3) is 1.86. The van der Waals surface area contributed by atoms with Crippen molar-refractivity contribution in [3.63, 3.8) is 0 Å². The zero-order chi connectivity index (χ0) is 9.14. The Kier molecular flexibility index (Phi) is 2.88. The molecular formula is C7H14N2O3. The highest BCUT2D eigenvalue weighted by atomic mass is 16.6. The first-order valence-corrected chi connectivity index (χ1v) is 3.95. The second-order valence-corrected chi connectivity index (χ2v) is 3.02. The number of amides is 1. The Balaban J connectivity index is 2.44. The molecule has 1 fully saturated rings. The quantitative estimate of drug-likeness (QED) is 0.584. The average molecular weight is 174 g/mol. The molecule has 1 rings (SSSR count). The molecule has 2 atom stereocenters. The Hall–Kier alpha value is -0.810. The topological polar surface area (TPSA) is 75.8 Å². The molecule has 12 heavy (non-hydrogen) atoms. The van der Waals surface area contributed by atoms with Gasteiger partial charge in [0, 0.05) is 12.6 Å². The molecule has 5 heteroatoms. The number of nitrogens with two attached hydrogens (primary N) is 1. The van der Waals surface area contributed by atoms with Crippen molar-refractivity contribution in [2.45, 2.75) is 19.0 Å². The van der Waals surface area contributed by atoms with Crippen LogP contribution >= 0.6 is 0 Å². The van der Waals surface area contributed by atoms with Crippen LogP contribution in [0.1, 0.15) is 6.92 Å². The summed E-state index contributed by atoms with van der Waals surface area (Å²) in [4.78, 5) is 12.5. The summed E-state index contributed by atoms with van der Waals surface area (Å²) in [5.74, 6) is 0. The Labute approximate surface area is 71.1 Å².